The summed E-state index contributed by atoms with van der Waals surface area (Å²) in [5.41, 5.74) is 1.39. The van der Waals surface area contributed by atoms with Crippen molar-refractivity contribution >= 4 is 17.0 Å². The Morgan fingerprint density at radius 3 is 2.76 bits per heavy atom. The number of benzene rings is 1. The minimum atomic E-state index is -0.501. The van der Waals surface area contributed by atoms with Gasteiger partial charge in [-0.3, -0.25) is 0 Å². The Balaban J connectivity index is 1.60. The zero-order valence-corrected chi connectivity index (χ0v) is 10.8. The van der Waals surface area contributed by atoms with Crippen LogP contribution in [0.1, 0.15) is 17.9 Å². The minimum Gasteiger partial charge on any atom is -0.365 e. The third-order valence-corrected chi connectivity index (χ3v) is 3.71. The van der Waals surface area contributed by atoms with Crippen LogP contribution in [-0.4, -0.2) is 26.0 Å². The van der Waals surface area contributed by atoms with Crippen molar-refractivity contribution in [3.05, 3.63) is 48.1 Å². The fourth-order valence-corrected chi connectivity index (χ4v) is 2.59. The highest BCUT2D eigenvalue weighted by atomic mass is 19.1. The standard InChI is InChI=1S/C14H11F2N5/c15-8-2-1-3-9(16)11(8)7-4-10(7)21-14-12-13(18-5-17-12)19-6-20-14/h1-3,5-7,10H,4H2,(H2,17,18,19,20,21)/t7-,10-/m1/s1. The molecular weight excluding hydrogens is 276 g/mol. The Morgan fingerprint density at radius 1 is 1.14 bits per heavy atom. The first-order valence-electron chi connectivity index (χ1n) is 6.58. The number of fused-ring (bicyclic) bond motifs is 1. The smallest absolute Gasteiger partial charge is 0.182 e. The van der Waals surface area contributed by atoms with Crippen molar-refractivity contribution in [3.8, 4) is 0 Å². The summed E-state index contributed by atoms with van der Waals surface area (Å²) in [6, 6.07) is 3.90. The first-order chi connectivity index (χ1) is 10.2. The molecule has 1 aliphatic carbocycles. The first-order valence-corrected chi connectivity index (χ1v) is 6.58. The van der Waals surface area contributed by atoms with Gasteiger partial charge in [0.1, 0.15) is 23.5 Å². The molecule has 4 rings (SSSR count). The van der Waals surface area contributed by atoms with Crippen LogP contribution in [0.25, 0.3) is 11.2 Å². The molecule has 0 aliphatic heterocycles. The van der Waals surface area contributed by atoms with Gasteiger partial charge in [-0.05, 0) is 18.6 Å². The van der Waals surface area contributed by atoms with Crippen LogP contribution < -0.4 is 5.32 Å². The van der Waals surface area contributed by atoms with Crippen LogP contribution in [0.4, 0.5) is 14.6 Å². The fourth-order valence-electron chi connectivity index (χ4n) is 2.59. The second-order valence-corrected chi connectivity index (χ2v) is 5.05. The maximum Gasteiger partial charge on any atom is 0.182 e. The molecule has 1 saturated carbocycles. The molecule has 5 nitrogen and oxygen atoms in total. The number of hydrogen-bond donors (Lipinski definition) is 2. The molecule has 0 saturated heterocycles. The summed E-state index contributed by atoms with van der Waals surface area (Å²) in [5, 5.41) is 3.19. The van der Waals surface area contributed by atoms with E-state index in [1.54, 1.807) is 0 Å². The molecule has 106 valence electrons. The van der Waals surface area contributed by atoms with Crippen LogP contribution in [0.3, 0.4) is 0 Å². The molecule has 21 heavy (non-hydrogen) atoms. The molecule has 3 aromatic rings. The third-order valence-electron chi connectivity index (χ3n) is 3.71. The van der Waals surface area contributed by atoms with Crippen molar-refractivity contribution in [2.45, 2.75) is 18.4 Å². The fraction of sp³-hybridized carbons (Fsp3) is 0.214. The lowest BCUT2D eigenvalue weighted by molar-refractivity contribution is 0.556. The number of imidazole rings is 1. The average molecular weight is 287 g/mol. The van der Waals surface area contributed by atoms with Gasteiger partial charge in [0.05, 0.1) is 6.33 Å². The number of nitrogens with zero attached hydrogens (tertiary/aromatic N) is 3. The Kier molecular flexibility index (Phi) is 2.60. The maximum absolute atomic E-state index is 13.7. The lowest BCUT2D eigenvalue weighted by atomic mass is 10.1. The molecule has 1 aliphatic rings. The summed E-state index contributed by atoms with van der Waals surface area (Å²) < 4.78 is 27.5. The largest absolute Gasteiger partial charge is 0.365 e. The van der Waals surface area contributed by atoms with Crippen molar-refractivity contribution in [2.75, 3.05) is 5.32 Å². The lowest BCUT2D eigenvalue weighted by Gasteiger charge is -2.07. The molecular formula is C14H11F2N5. The van der Waals surface area contributed by atoms with Gasteiger partial charge >= 0.3 is 0 Å². The Bertz CT molecular complexity index is 796. The van der Waals surface area contributed by atoms with Crippen molar-refractivity contribution in [3.63, 3.8) is 0 Å². The Hall–Kier alpha value is -2.57. The number of rotatable bonds is 3. The van der Waals surface area contributed by atoms with E-state index in [-0.39, 0.29) is 17.5 Å². The molecule has 0 amide bonds. The molecule has 2 heterocycles. The number of nitrogens with one attached hydrogen (secondary N) is 2. The SMILES string of the molecule is Fc1cccc(F)c1[C@@H]1C[C@H]1Nc1ncnc2nc[nH]c12. The van der Waals surface area contributed by atoms with Gasteiger partial charge in [-0.1, -0.05) is 6.07 Å². The van der Waals surface area contributed by atoms with Crippen LogP contribution in [0.2, 0.25) is 0 Å². The van der Waals surface area contributed by atoms with E-state index in [1.807, 2.05) is 0 Å². The summed E-state index contributed by atoms with van der Waals surface area (Å²) in [6.45, 7) is 0. The summed E-state index contributed by atoms with van der Waals surface area (Å²) in [5.74, 6) is -0.585. The zero-order valence-electron chi connectivity index (χ0n) is 10.8. The van der Waals surface area contributed by atoms with Crippen molar-refractivity contribution < 1.29 is 8.78 Å². The minimum absolute atomic E-state index is 0.0437. The quantitative estimate of drug-likeness (QED) is 0.777. The molecule has 1 fully saturated rings. The van der Waals surface area contributed by atoms with Crippen LogP contribution >= 0.6 is 0 Å². The van der Waals surface area contributed by atoms with Crippen LogP contribution in [0.5, 0.6) is 0 Å². The Labute approximate surface area is 118 Å². The van der Waals surface area contributed by atoms with E-state index in [2.05, 4.69) is 25.3 Å². The molecule has 2 N–H and O–H groups in total. The summed E-state index contributed by atoms with van der Waals surface area (Å²) in [6.07, 6.45) is 3.61. The van der Waals surface area contributed by atoms with Crippen LogP contribution in [0.15, 0.2) is 30.9 Å². The molecule has 0 unspecified atom stereocenters. The summed E-state index contributed by atoms with van der Waals surface area (Å²) in [7, 11) is 0. The van der Waals surface area contributed by atoms with Gasteiger partial charge in [-0.25, -0.2) is 23.7 Å². The number of halogens is 2. The van der Waals surface area contributed by atoms with E-state index in [0.717, 1.165) is 0 Å². The van der Waals surface area contributed by atoms with E-state index in [1.165, 1.54) is 30.9 Å². The average Bonchev–Trinajstić information content (AvgIpc) is 3.02. The predicted molar refractivity (Wildman–Crippen MR) is 72.8 cm³/mol. The van der Waals surface area contributed by atoms with Gasteiger partial charge in [0.2, 0.25) is 0 Å². The molecule has 0 bridgehead atoms. The number of anilines is 1. The number of H-pyrrole nitrogens is 1. The van der Waals surface area contributed by atoms with Gasteiger partial charge < -0.3 is 10.3 Å². The highest BCUT2D eigenvalue weighted by Crippen LogP contribution is 2.45. The first kappa shape index (κ1) is 12.2. The monoisotopic (exact) mass is 287 g/mol. The van der Waals surface area contributed by atoms with Gasteiger partial charge in [-0.15, -0.1) is 0 Å². The van der Waals surface area contributed by atoms with Crippen LogP contribution in [0, 0.1) is 11.6 Å². The second kappa shape index (κ2) is 4.47. The third kappa shape index (κ3) is 2.01. The predicted octanol–water partition coefficient (Wildman–Crippen LogP) is 2.60. The molecule has 2 aromatic heterocycles. The highest BCUT2D eigenvalue weighted by molar-refractivity contribution is 5.82. The second-order valence-electron chi connectivity index (χ2n) is 5.05. The molecule has 2 atom stereocenters. The van der Waals surface area contributed by atoms with Crippen molar-refractivity contribution in [1.29, 1.82) is 0 Å². The molecule has 7 heteroatoms. The summed E-state index contributed by atoms with van der Waals surface area (Å²) in [4.78, 5) is 15.2. The maximum atomic E-state index is 13.7. The van der Waals surface area contributed by atoms with Crippen molar-refractivity contribution in [2.24, 2.45) is 0 Å². The number of hydrogen-bond acceptors (Lipinski definition) is 4. The lowest BCUT2D eigenvalue weighted by Crippen LogP contribution is -2.08. The van der Waals surface area contributed by atoms with Gasteiger partial charge in [-0.2, -0.15) is 0 Å². The molecule has 0 radical (unpaired) electrons. The van der Waals surface area contributed by atoms with E-state index < -0.39 is 11.6 Å². The molecule has 1 aromatic carbocycles. The summed E-state index contributed by atoms with van der Waals surface area (Å²) >= 11 is 0. The number of aromatic nitrogens is 4. The van der Waals surface area contributed by atoms with Crippen LogP contribution in [-0.2, 0) is 0 Å². The van der Waals surface area contributed by atoms with Gasteiger partial charge in [0.15, 0.2) is 11.5 Å². The van der Waals surface area contributed by atoms with Gasteiger partial charge in [0.25, 0.3) is 0 Å². The normalized spacial score (nSPS) is 20.7. The van der Waals surface area contributed by atoms with E-state index >= 15 is 0 Å². The van der Waals surface area contributed by atoms with Crippen molar-refractivity contribution in [1.82, 2.24) is 19.9 Å². The number of aromatic amines is 1. The topological polar surface area (TPSA) is 66.5 Å². The Morgan fingerprint density at radius 2 is 1.95 bits per heavy atom. The van der Waals surface area contributed by atoms with Gasteiger partial charge in [0, 0.05) is 17.5 Å². The zero-order chi connectivity index (χ0) is 14.4. The molecule has 0 spiro atoms. The highest BCUT2D eigenvalue weighted by Gasteiger charge is 2.42. The van der Waals surface area contributed by atoms with E-state index in [9.17, 15) is 8.78 Å². The van der Waals surface area contributed by atoms with E-state index in [0.29, 0.717) is 23.4 Å². The van der Waals surface area contributed by atoms with E-state index in [4.69, 9.17) is 0 Å².